The molecule has 0 aliphatic heterocycles. The largest absolute Gasteiger partial charge is 0.362 e. The number of carbonyl (C=O) groups is 1. The fourth-order valence-electron chi connectivity index (χ4n) is 2.31. The van der Waals surface area contributed by atoms with Crippen molar-refractivity contribution < 1.29 is 4.79 Å². The molecule has 0 unspecified atom stereocenters. The molecule has 3 rings (SSSR count). The molecule has 0 atom stereocenters. The summed E-state index contributed by atoms with van der Waals surface area (Å²) in [6, 6.07) is 7.31. The van der Waals surface area contributed by atoms with E-state index in [0.29, 0.717) is 17.9 Å². The van der Waals surface area contributed by atoms with E-state index in [1.165, 1.54) is 0 Å². The Morgan fingerprint density at radius 3 is 2.83 bits per heavy atom. The lowest BCUT2D eigenvalue weighted by molar-refractivity contribution is 0.0951. The third-order valence-electron chi connectivity index (χ3n) is 3.49. The average Bonchev–Trinajstić information content (AvgIpc) is 3.14. The lowest BCUT2D eigenvalue weighted by Crippen LogP contribution is -2.26. The zero-order valence-corrected chi connectivity index (χ0v) is 13.5. The first-order valence-electron chi connectivity index (χ1n) is 7.49. The summed E-state index contributed by atoms with van der Waals surface area (Å²) in [5.41, 5.74) is 1.50. The summed E-state index contributed by atoms with van der Waals surface area (Å²) in [4.78, 5) is 26.8. The maximum absolute atomic E-state index is 12.4. The number of hydrogen-bond acceptors (Lipinski definition) is 5. The monoisotopic (exact) mass is 322 g/mol. The van der Waals surface area contributed by atoms with Crippen LogP contribution in [0.3, 0.4) is 0 Å². The number of nitrogens with zero attached hydrogens (tertiary/aromatic N) is 5. The number of imidazole rings is 1. The third-order valence-corrected chi connectivity index (χ3v) is 3.49. The van der Waals surface area contributed by atoms with Crippen LogP contribution in [0.15, 0.2) is 55.4 Å². The smallest absolute Gasteiger partial charge is 0.255 e. The van der Waals surface area contributed by atoms with Crippen molar-refractivity contribution in [1.29, 1.82) is 0 Å². The van der Waals surface area contributed by atoms with Gasteiger partial charge in [0.25, 0.3) is 5.91 Å². The topological polar surface area (TPSA) is 75.9 Å². The number of carbonyl (C=O) groups excluding carboxylic acids is 1. The standard InChI is InChI=1S/C17H18N6O/c1-22(2)16-14(4-3-6-20-16)17(24)21-11-13-5-7-19-15(10-13)23-9-8-18-12-23/h3-10,12H,11H2,1-2H3,(H,21,24). The summed E-state index contributed by atoms with van der Waals surface area (Å²) in [6.07, 6.45) is 8.59. The van der Waals surface area contributed by atoms with E-state index in [0.717, 1.165) is 11.4 Å². The number of pyridine rings is 2. The molecule has 0 aromatic carbocycles. The summed E-state index contributed by atoms with van der Waals surface area (Å²) >= 11 is 0. The Kier molecular flexibility index (Phi) is 4.51. The molecule has 122 valence electrons. The van der Waals surface area contributed by atoms with Gasteiger partial charge >= 0.3 is 0 Å². The Balaban J connectivity index is 1.72. The molecular weight excluding hydrogens is 304 g/mol. The van der Waals surface area contributed by atoms with Gasteiger partial charge < -0.3 is 10.2 Å². The molecule has 0 saturated carbocycles. The average molecular weight is 322 g/mol. The van der Waals surface area contributed by atoms with Crippen molar-refractivity contribution in [2.45, 2.75) is 6.54 Å². The van der Waals surface area contributed by atoms with Crippen LogP contribution < -0.4 is 10.2 Å². The van der Waals surface area contributed by atoms with E-state index in [4.69, 9.17) is 0 Å². The Bertz CT molecular complexity index is 829. The number of amides is 1. The molecule has 0 aliphatic carbocycles. The molecule has 0 fully saturated rings. The van der Waals surface area contributed by atoms with Crippen LogP contribution in [0.2, 0.25) is 0 Å². The van der Waals surface area contributed by atoms with Crippen LogP contribution in [-0.2, 0) is 6.54 Å². The molecule has 0 bridgehead atoms. The molecule has 0 saturated heterocycles. The molecule has 3 aromatic rings. The molecule has 0 aliphatic rings. The zero-order chi connectivity index (χ0) is 16.9. The SMILES string of the molecule is CN(C)c1ncccc1C(=O)NCc1ccnc(-n2ccnc2)c1. The van der Waals surface area contributed by atoms with Gasteiger partial charge in [0.2, 0.25) is 0 Å². The minimum absolute atomic E-state index is 0.159. The lowest BCUT2D eigenvalue weighted by Gasteiger charge is -2.15. The summed E-state index contributed by atoms with van der Waals surface area (Å²) in [5.74, 6) is 1.24. The molecule has 7 nitrogen and oxygen atoms in total. The number of hydrogen-bond donors (Lipinski definition) is 1. The van der Waals surface area contributed by atoms with E-state index in [1.54, 1.807) is 37.1 Å². The normalized spacial score (nSPS) is 10.4. The van der Waals surface area contributed by atoms with Crippen LogP contribution in [0.25, 0.3) is 5.82 Å². The van der Waals surface area contributed by atoms with Gasteiger partial charge in [0, 0.05) is 45.4 Å². The first-order chi connectivity index (χ1) is 11.6. The van der Waals surface area contributed by atoms with Crippen LogP contribution >= 0.6 is 0 Å². The Morgan fingerprint density at radius 2 is 2.08 bits per heavy atom. The molecule has 0 spiro atoms. The predicted octanol–water partition coefficient (Wildman–Crippen LogP) is 1.66. The first kappa shape index (κ1) is 15.7. The predicted molar refractivity (Wildman–Crippen MR) is 91.1 cm³/mol. The summed E-state index contributed by atoms with van der Waals surface area (Å²) in [6.45, 7) is 0.408. The quantitative estimate of drug-likeness (QED) is 0.773. The van der Waals surface area contributed by atoms with Crippen LogP contribution in [0, 0.1) is 0 Å². The molecule has 1 amide bonds. The van der Waals surface area contributed by atoms with Crippen LogP contribution in [0.5, 0.6) is 0 Å². The second-order valence-electron chi connectivity index (χ2n) is 5.44. The second-order valence-corrected chi connectivity index (χ2v) is 5.44. The Hall–Kier alpha value is -3.22. The van der Waals surface area contributed by atoms with E-state index in [2.05, 4.69) is 20.3 Å². The number of aromatic nitrogens is 4. The summed E-state index contributed by atoms with van der Waals surface area (Å²) in [5, 5.41) is 2.92. The van der Waals surface area contributed by atoms with Crippen molar-refractivity contribution in [2.24, 2.45) is 0 Å². The van der Waals surface area contributed by atoms with Crippen molar-refractivity contribution in [3.63, 3.8) is 0 Å². The molecule has 3 heterocycles. The highest BCUT2D eigenvalue weighted by Gasteiger charge is 2.13. The molecule has 3 aromatic heterocycles. The minimum Gasteiger partial charge on any atom is -0.362 e. The number of anilines is 1. The van der Waals surface area contributed by atoms with Crippen LogP contribution in [-0.4, -0.2) is 39.5 Å². The van der Waals surface area contributed by atoms with Gasteiger partial charge in [-0.2, -0.15) is 0 Å². The van der Waals surface area contributed by atoms with E-state index in [1.807, 2.05) is 41.9 Å². The van der Waals surface area contributed by atoms with Crippen molar-refractivity contribution in [3.8, 4) is 5.82 Å². The summed E-state index contributed by atoms with van der Waals surface area (Å²) < 4.78 is 1.82. The Morgan fingerprint density at radius 1 is 1.21 bits per heavy atom. The van der Waals surface area contributed by atoms with Gasteiger partial charge in [-0.1, -0.05) is 0 Å². The molecule has 1 N–H and O–H groups in total. The van der Waals surface area contributed by atoms with Gasteiger partial charge in [0.05, 0.1) is 5.56 Å². The van der Waals surface area contributed by atoms with Crippen LogP contribution in [0.4, 0.5) is 5.82 Å². The number of rotatable bonds is 5. The maximum Gasteiger partial charge on any atom is 0.255 e. The van der Waals surface area contributed by atoms with Crippen molar-refractivity contribution in [3.05, 3.63) is 66.5 Å². The molecule has 24 heavy (non-hydrogen) atoms. The zero-order valence-electron chi connectivity index (χ0n) is 13.5. The van der Waals surface area contributed by atoms with Crippen LogP contribution in [0.1, 0.15) is 15.9 Å². The minimum atomic E-state index is -0.159. The van der Waals surface area contributed by atoms with Gasteiger partial charge in [0.1, 0.15) is 18.0 Å². The number of nitrogens with one attached hydrogen (secondary N) is 1. The maximum atomic E-state index is 12.4. The van der Waals surface area contributed by atoms with Crippen molar-refractivity contribution in [1.82, 2.24) is 24.8 Å². The molecule has 0 radical (unpaired) electrons. The van der Waals surface area contributed by atoms with Gasteiger partial charge in [-0.3, -0.25) is 9.36 Å². The van der Waals surface area contributed by atoms with E-state index >= 15 is 0 Å². The van der Waals surface area contributed by atoms with Crippen molar-refractivity contribution >= 4 is 11.7 Å². The highest BCUT2D eigenvalue weighted by Crippen LogP contribution is 2.14. The first-order valence-corrected chi connectivity index (χ1v) is 7.49. The second kappa shape index (κ2) is 6.91. The van der Waals surface area contributed by atoms with E-state index in [9.17, 15) is 4.79 Å². The van der Waals surface area contributed by atoms with Gasteiger partial charge in [0.15, 0.2) is 0 Å². The Labute approximate surface area is 140 Å². The third kappa shape index (κ3) is 3.40. The van der Waals surface area contributed by atoms with Gasteiger partial charge in [-0.05, 0) is 29.8 Å². The molecule has 7 heteroatoms. The van der Waals surface area contributed by atoms with E-state index in [-0.39, 0.29) is 5.91 Å². The lowest BCUT2D eigenvalue weighted by atomic mass is 10.2. The fraction of sp³-hybridized carbons (Fsp3) is 0.176. The van der Waals surface area contributed by atoms with E-state index < -0.39 is 0 Å². The fourth-order valence-corrected chi connectivity index (χ4v) is 2.31. The summed E-state index contributed by atoms with van der Waals surface area (Å²) in [7, 11) is 3.72. The highest BCUT2D eigenvalue weighted by atomic mass is 16.1. The molecular formula is C17H18N6O. The van der Waals surface area contributed by atoms with Crippen molar-refractivity contribution in [2.75, 3.05) is 19.0 Å². The van der Waals surface area contributed by atoms with Gasteiger partial charge in [-0.25, -0.2) is 15.0 Å². The van der Waals surface area contributed by atoms with Gasteiger partial charge in [-0.15, -0.1) is 0 Å². The highest BCUT2D eigenvalue weighted by molar-refractivity contribution is 5.98.